The van der Waals surface area contributed by atoms with Crippen molar-refractivity contribution < 1.29 is 9.59 Å². The first kappa shape index (κ1) is 12.8. The van der Waals surface area contributed by atoms with Crippen LogP contribution in [0.2, 0.25) is 0 Å². The lowest BCUT2D eigenvalue weighted by Crippen LogP contribution is -2.27. The number of rotatable bonds is 2. The Balaban J connectivity index is 1.77. The summed E-state index contributed by atoms with van der Waals surface area (Å²) >= 11 is 0. The fourth-order valence-corrected chi connectivity index (χ4v) is 3.06. The van der Waals surface area contributed by atoms with Gasteiger partial charge in [0.15, 0.2) is 0 Å². The minimum Gasteiger partial charge on any atom is -0.272 e. The van der Waals surface area contributed by atoms with Gasteiger partial charge in [-0.2, -0.15) is 0 Å². The predicted octanol–water partition coefficient (Wildman–Crippen LogP) is 2.28. The SMILES string of the molecule is O=C1N=C(c2ccccc2)C2C(=O)N=C(c3ccccc3)C12. The quantitative estimate of drug-likeness (QED) is 0.851. The van der Waals surface area contributed by atoms with Crippen LogP contribution in [0.25, 0.3) is 0 Å². The van der Waals surface area contributed by atoms with E-state index in [1.165, 1.54) is 0 Å². The lowest BCUT2D eigenvalue weighted by Gasteiger charge is -2.10. The zero-order chi connectivity index (χ0) is 15.1. The maximum Gasteiger partial charge on any atom is 0.256 e. The topological polar surface area (TPSA) is 58.9 Å². The Hall–Kier alpha value is -2.88. The molecule has 0 aliphatic carbocycles. The van der Waals surface area contributed by atoms with Crippen LogP contribution in [0.4, 0.5) is 0 Å². The van der Waals surface area contributed by atoms with Gasteiger partial charge in [-0.1, -0.05) is 60.7 Å². The minimum absolute atomic E-state index is 0.280. The standard InChI is InChI=1S/C18H12N2O2/c21-17-13-14(16(20-17)12-9-5-2-6-10-12)18(22)19-15(13)11-7-3-1-4-8-11/h1-10,13-14H. The molecule has 22 heavy (non-hydrogen) atoms. The first-order valence-electron chi connectivity index (χ1n) is 7.11. The van der Waals surface area contributed by atoms with Crippen LogP contribution >= 0.6 is 0 Å². The van der Waals surface area contributed by atoms with Crippen LogP contribution in [-0.2, 0) is 9.59 Å². The number of hydrogen-bond acceptors (Lipinski definition) is 2. The largest absolute Gasteiger partial charge is 0.272 e. The van der Waals surface area contributed by atoms with Gasteiger partial charge < -0.3 is 0 Å². The zero-order valence-electron chi connectivity index (χ0n) is 11.6. The second-order valence-corrected chi connectivity index (χ2v) is 5.36. The minimum atomic E-state index is -0.579. The van der Waals surface area contributed by atoms with Gasteiger partial charge in [-0.05, 0) is 11.1 Å². The normalized spacial score (nSPS) is 23.3. The highest BCUT2D eigenvalue weighted by molar-refractivity contribution is 6.34. The van der Waals surface area contributed by atoms with Gasteiger partial charge in [0.05, 0.1) is 11.4 Å². The Bertz CT molecular complexity index is 751. The molecule has 106 valence electrons. The summed E-state index contributed by atoms with van der Waals surface area (Å²) in [5.41, 5.74) is 2.69. The van der Waals surface area contributed by atoms with Gasteiger partial charge in [0.2, 0.25) is 0 Å². The van der Waals surface area contributed by atoms with Crippen LogP contribution in [0.15, 0.2) is 70.6 Å². The van der Waals surface area contributed by atoms with Gasteiger partial charge in [-0.3, -0.25) is 9.59 Å². The predicted molar refractivity (Wildman–Crippen MR) is 83.0 cm³/mol. The van der Waals surface area contributed by atoms with E-state index in [9.17, 15) is 9.59 Å². The molecule has 0 N–H and O–H groups in total. The van der Waals surface area contributed by atoms with Crippen molar-refractivity contribution in [2.45, 2.75) is 0 Å². The molecule has 2 aliphatic heterocycles. The Morgan fingerprint density at radius 3 is 1.32 bits per heavy atom. The Labute approximate surface area is 127 Å². The molecule has 0 saturated heterocycles. The fraction of sp³-hybridized carbons (Fsp3) is 0.111. The van der Waals surface area contributed by atoms with Crippen molar-refractivity contribution in [3.63, 3.8) is 0 Å². The van der Waals surface area contributed by atoms with E-state index in [-0.39, 0.29) is 11.8 Å². The Kier molecular flexibility index (Phi) is 2.82. The first-order valence-corrected chi connectivity index (χ1v) is 7.11. The fourth-order valence-electron chi connectivity index (χ4n) is 3.06. The summed E-state index contributed by atoms with van der Waals surface area (Å²) in [5, 5.41) is 0. The molecule has 0 spiro atoms. The summed E-state index contributed by atoms with van der Waals surface area (Å²) in [5.74, 6) is -1.72. The number of amides is 2. The molecule has 4 heteroatoms. The zero-order valence-corrected chi connectivity index (χ0v) is 11.6. The Morgan fingerprint density at radius 1 is 0.591 bits per heavy atom. The van der Waals surface area contributed by atoms with E-state index < -0.39 is 11.8 Å². The lowest BCUT2D eigenvalue weighted by molar-refractivity contribution is -0.124. The van der Waals surface area contributed by atoms with Crippen molar-refractivity contribution in [1.29, 1.82) is 0 Å². The summed E-state index contributed by atoms with van der Waals surface area (Å²) in [6, 6.07) is 18.7. The lowest BCUT2D eigenvalue weighted by atomic mass is 9.84. The number of benzene rings is 2. The van der Waals surface area contributed by atoms with Gasteiger partial charge in [-0.25, -0.2) is 9.98 Å². The van der Waals surface area contributed by atoms with E-state index in [0.29, 0.717) is 11.4 Å². The highest BCUT2D eigenvalue weighted by Gasteiger charge is 2.50. The van der Waals surface area contributed by atoms with Crippen LogP contribution < -0.4 is 0 Å². The molecule has 2 amide bonds. The molecule has 2 heterocycles. The molecule has 4 nitrogen and oxygen atoms in total. The molecule has 2 aromatic carbocycles. The highest BCUT2D eigenvalue weighted by Crippen LogP contribution is 2.35. The molecule has 2 aliphatic rings. The molecule has 4 rings (SSSR count). The summed E-state index contributed by atoms with van der Waals surface area (Å²) in [7, 11) is 0. The van der Waals surface area contributed by atoms with Crippen LogP contribution in [0, 0.1) is 11.8 Å². The average molecular weight is 288 g/mol. The number of carbonyl (C=O) groups excluding carboxylic acids is 2. The summed E-state index contributed by atoms with van der Waals surface area (Å²) < 4.78 is 0. The highest BCUT2D eigenvalue weighted by atomic mass is 16.2. The second-order valence-electron chi connectivity index (χ2n) is 5.36. The van der Waals surface area contributed by atoms with Gasteiger partial charge in [0.1, 0.15) is 11.8 Å². The van der Waals surface area contributed by atoms with Gasteiger partial charge >= 0.3 is 0 Å². The molecule has 0 fully saturated rings. The third-order valence-electron chi connectivity index (χ3n) is 4.06. The van der Waals surface area contributed by atoms with Crippen molar-refractivity contribution in [3.05, 3.63) is 71.8 Å². The maximum absolute atomic E-state index is 12.3. The average Bonchev–Trinajstić information content (AvgIpc) is 3.09. The molecular formula is C18H12N2O2. The van der Waals surface area contributed by atoms with Crippen molar-refractivity contribution in [1.82, 2.24) is 0 Å². The molecule has 2 aromatic rings. The van der Waals surface area contributed by atoms with Gasteiger partial charge in [0.25, 0.3) is 11.8 Å². The summed E-state index contributed by atoms with van der Waals surface area (Å²) in [4.78, 5) is 33.0. The van der Waals surface area contributed by atoms with Gasteiger partial charge in [-0.15, -0.1) is 0 Å². The molecular weight excluding hydrogens is 276 g/mol. The van der Waals surface area contributed by atoms with E-state index >= 15 is 0 Å². The second kappa shape index (κ2) is 4.84. The summed E-state index contributed by atoms with van der Waals surface area (Å²) in [6.45, 7) is 0. The number of fused-ring (bicyclic) bond motifs is 1. The Morgan fingerprint density at radius 2 is 0.955 bits per heavy atom. The molecule has 2 atom stereocenters. The van der Waals surface area contributed by atoms with Gasteiger partial charge in [0, 0.05) is 0 Å². The number of nitrogens with zero attached hydrogens (tertiary/aromatic N) is 2. The first-order chi connectivity index (χ1) is 10.8. The molecule has 0 saturated carbocycles. The summed E-state index contributed by atoms with van der Waals surface area (Å²) in [6.07, 6.45) is 0. The van der Waals surface area contributed by atoms with Crippen LogP contribution in [-0.4, -0.2) is 23.2 Å². The van der Waals surface area contributed by atoms with Crippen molar-refractivity contribution in [2.24, 2.45) is 21.8 Å². The van der Waals surface area contributed by atoms with Crippen LogP contribution in [0.5, 0.6) is 0 Å². The molecule has 0 bridgehead atoms. The number of aliphatic imine (C=N–C) groups is 2. The van der Waals surface area contributed by atoms with E-state index in [0.717, 1.165) is 11.1 Å². The van der Waals surface area contributed by atoms with Crippen LogP contribution in [0.3, 0.4) is 0 Å². The van der Waals surface area contributed by atoms with Crippen molar-refractivity contribution in [2.75, 3.05) is 0 Å². The molecule has 0 radical (unpaired) electrons. The third-order valence-corrected chi connectivity index (χ3v) is 4.06. The van der Waals surface area contributed by atoms with Crippen LogP contribution in [0.1, 0.15) is 11.1 Å². The van der Waals surface area contributed by atoms with E-state index in [1.54, 1.807) is 0 Å². The number of carbonyl (C=O) groups is 2. The smallest absolute Gasteiger partial charge is 0.256 e. The molecule has 2 unspecified atom stereocenters. The number of hydrogen-bond donors (Lipinski definition) is 0. The molecule has 0 aromatic heterocycles. The van der Waals surface area contributed by atoms with E-state index in [4.69, 9.17) is 0 Å². The van der Waals surface area contributed by atoms with Crippen molar-refractivity contribution >= 4 is 23.2 Å². The maximum atomic E-state index is 12.3. The van der Waals surface area contributed by atoms with E-state index in [2.05, 4.69) is 9.98 Å². The van der Waals surface area contributed by atoms with Crippen molar-refractivity contribution in [3.8, 4) is 0 Å². The van der Waals surface area contributed by atoms with E-state index in [1.807, 2.05) is 60.7 Å². The monoisotopic (exact) mass is 288 g/mol. The third kappa shape index (κ3) is 1.84.